The number of hydrogen-bond donors (Lipinski definition) is 0. The Bertz CT molecular complexity index is 509. The highest BCUT2D eigenvalue weighted by molar-refractivity contribution is 5.84. The zero-order valence-electron chi connectivity index (χ0n) is 10.7. The molecule has 2 fully saturated rings. The lowest BCUT2D eigenvalue weighted by Crippen LogP contribution is -2.22. The predicted molar refractivity (Wildman–Crippen MR) is 70.7 cm³/mol. The summed E-state index contributed by atoms with van der Waals surface area (Å²) in [6.45, 7) is 0. The standard InChI is InChI=1S/C15H17NO3/c17-15(14-8-11-1-4-12(14)7-11)9-10-2-5-13(6-3-10)16(18)19/h2-3,5-6,11-12,14H,1,4,7-9H2. The maximum atomic E-state index is 12.3. The molecule has 1 aromatic rings. The smallest absolute Gasteiger partial charge is 0.269 e. The molecule has 2 aliphatic carbocycles. The molecule has 0 spiro atoms. The quantitative estimate of drug-likeness (QED) is 0.616. The fraction of sp³-hybridized carbons (Fsp3) is 0.533. The molecule has 4 nitrogen and oxygen atoms in total. The number of nitro benzene ring substituents is 1. The first-order chi connectivity index (χ1) is 9.13. The van der Waals surface area contributed by atoms with Crippen molar-refractivity contribution < 1.29 is 9.72 Å². The monoisotopic (exact) mass is 259 g/mol. The highest BCUT2D eigenvalue weighted by Gasteiger charge is 2.42. The van der Waals surface area contributed by atoms with Gasteiger partial charge < -0.3 is 0 Å². The van der Waals surface area contributed by atoms with Crippen molar-refractivity contribution in [2.75, 3.05) is 0 Å². The summed E-state index contributed by atoms with van der Waals surface area (Å²) in [4.78, 5) is 22.4. The average Bonchev–Trinajstić information content (AvgIpc) is 3.01. The number of carbonyl (C=O) groups excluding carboxylic acids is 1. The van der Waals surface area contributed by atoms with Crippen LogP contribution < -0.4 is 0 Å². The number of rotatable bonds is 4. The van der Waals surface area contributed by atoms with Gasteiger partial charge >= 0.3 is 0 Å². The highest BCUT2D eigenvalue weighted by Crippen LogP contribution is 2.48. The van der Waals surface area contributed by atoms with Gasteiger partial charge in [0, 0.05) is 24.5 Å². The van der Waals surface area contributed by atoms with Gasteiger partial charge in [0.1, 0.15) is 5.78 Å². The lowest BCUT2D eigenvalue weighted by Gasteiger charge is -2.20. The third-order valence-electron chi connectivity index (χ3n) is 4.68. The number of fused-ring (bicyclic) bond motifs is 2. The van der Waals surface area contributed by atoms with Gasteiger partial charge in [-0.05, 0) is 36.7 Å². The van der Waals surface area contributed by atoms with E-state index in [0.717, 1.165) is 17.9 Å². The summed E-state index contributed by atoms with van der Waals surface area (Å²) >= 11 is 0. The number of hydrogen-bond acceptors (Lipinski definition) is 3. The SMILES string of the molecule is O=C(Cc1ccc([N+](=O)[O-])cc1)C1CC2CCC1C2. The van der Waals surface area contributed by atoms with Crippen molar-refractivity contribution in [3.8, 4) is 0 Å². The Morgan fingerprint density at radius 2 is 1.95 bits per heavy atom. The topological polar surface area (TPSA) is 60.2 Å². The summed E-state index contributed by atoms with van der Waals surface area (Å²) in [7, 11) is 0. The molecular formula is C15H17NO3. The van der Waals surface area contributed by atoms with E-state index in [2.05, 4.69) is 0 Å². The number of non-ortho nitro benzene ring substituents is 1. The van der Waals surface area contributed by atoms with Crippen LogP contribution in [0.4, 0.5) is 5.69 Å². The van der Waals surface area contributed by atoms with Gasteiger partial charge in [-0.1, -0.05) is 18.6 Å². The van der Waals surface area contributed by atoms with E-state index in [1.165, 1.54) is 31.4 Å². The summed E-state index contributed by atoms with van der Waals surface area (Å²) in [5.74, 6) is 1.95. The molecule has 2 saturated carbocycles. The van der Waals surface area contributed by atoms with Gasteiger partial charge in [0.25, 0.3) is 5.69 Å². The largest absolute Gasteiger partial charge is 0.299 e. The van der Waals surface area contributed by atoms with Crippen molar-refractivity contribution in [1.29, 1.82) is 0 Å². The Morgan fingerprint density at radius 3 is 2.47 bits per heavy atom. The van der Waals surface area contributed by atoms with E-state index in [1.807, 2.05) is 0 Å². The molecule has 1 aromatic carbocycles. The molecule has 2 bridgehead atoms. The normalized spacial score (nSPS) is 28.5. The lowest BCUT2D eigenvalue weighted by molar-refractivity contribution is -0.384. The zero-order valence-corrected chi connectivity index (χ0v) is 10.7. The van der Waals surface area contributed by atoms with Crippen LogP contribution in [0.2, 0.25) is 0 Å². The fourth-order valence-corrected chi connectivity index (χ4v) is 3.71. The molecule has 4 heteroatoms. The van der Waals surface area contributed by atoms with Crippen LogP contribution in [0.15, 0.2) is 24.3 Å². The van der Waals surface area contributed by atoms with Crippen LogP contribution in [0.25, 0.3) is 0 Å². The van der Waals surface area contributed by atoms with Gasteiger partial charge in [0.2, 0.25) is 0 Å². The molecular weight excluding hydrogens is 242 g/mol. The van der Waals surface area contributed by atoms with E-state index in [9.17, 15) is 14.9 Å². The number of Topliss-reactive ketones (excluding diaryl/α,β-unsaturated/α-hetero) is 1. The second-order valence-corrected chi connectivity index (χ2v) is 5.85. The molecule has 3 rings (SSSR count). The van der Waals surface area contributed by atoms with Crippen LogP contribution in [0.1, 0.15) is 31.2 Å². The molecule has 100 valence electrons. The number of carbonyl (C=O) groups is 1. The molecule has 0 aromatic heterocycles. The van der Waals surface area contributed by atoms with Crippen LogP contribution in [0.3, 0.4) is 0 Å². The lowest BCUT2D eigenvalue weighted by atomic mass is 9.83. The van der Waals surface area contributed by atoms with Crippen molar-refractivity contribution in [2.24, 2.45) is 17.8 Å². The Balaban J connectivity index is 1.64. The minimum Gasteiger partial charge on any atom is -0.299 e. The van der Waals surface area contributed by atoms with Crippen molar-refractivity contribution in [3.05, 3.63) is 39.9 Å². The average molecular weight is 259 g/mol. The molecule has 0 N–H and O–H groups in total. The van der Waals surface area contributed by atoms with Gasteiger partial charge in [0.05, 0.1) is 4.92 Å². The van der Waals surface area contributed by atoms with Gasteiger partial charge in [-0.25, -0.2) is 0 Å². The molecule has 3 unspecified atom stereocenters. The first-order valence-corrected chi connectivity index (χ1v) is 6.89. The zero-order chi connectivity index (χ0) is 13.4. The predicted octanol–water partition coefficient (Wildman–Crippen LogP) is 3.14. The molecule has 0 amide bonds. The van der Waals surface area contributed by atoms with E-state index in [4.69, 9.17) is 0 Å². The second kappa shape index (κ2) is 4.76. The van der Waals surface area contributed by atoms with Crippen LogP contribution in [-0.2, 0) is 11.2 Å². The molecule has 0 radical (unpaired) electrons. The van der Waals surface area contributed by atoms with E-state index >= 15 is 0 Å². The van der Waals surface area contributed by atoms with Crippen LogP contribution in [0.5, 0.6) is 0 Å². The number of nitro groups is 1. The molecule has 0 heterocycles. The van der Waals surface area contributed by atoms with Crippen molar-refractivity contribution in [3.63, 3.8) is 0 Å². The van der Waals surface area contributed by atoms with Crippen LogP contribution >= 0.6 is 0 Å². The summed E-state index contributed by atoms with van der Waals surface area (Å²) < 4.78 is 0. The second-order valence-electron chi connectivity index (χ2n) is 5.85. The first-order valence-electron chi connectivity index (χ1n) is 6.89. The summed E-state index contributed by atoms with van der Waals surface area (Å²) in [5.41, 5.74) is 0.967. The Morgan fingerprint density at radius 1 is 1.21 bits per heavy atom. The number of nitrogens with zero attached hydrogens (tertiary/aromatic N) is 1. The van der Waals surface area contributed by atoms with E-state index in [0.29, 0.717) is 18.1 Å². The maximum absolute atomic E-state index is 12.3. The van der Waals surface area contributed by atoms with Crippen molar-refractivity contribution in [1.82, 2.24) is 0 Å². The molecule has 0 saturated heterocycles. The third kappa shape index (κ3) is 2.39. The van der Waals surface area contributed by atoms with Gasteiger partial charge in [0.15, 0.2) is 0 Å². The number of benzene rings is 1. The Labute approximate surface area is 112 Å². The summed E-state index contributed by atoms with van der Waals surface area (Å²) in [6, 6.07) is 6.35. The molecule has 19 heavy (non-hydrogen) atoms. The minimum absolute atomic E-state index is 0.0797. The summed E-state index contributed by atoms with van der Waals surface area (Å²) in [5, 5.41) is 10.6. The highest BCUT2D eigenvalue weighted by atomic mass is 16.6. The van der Waals surface area contributed by atoms with Crippen LogP contribution in [-0.4, -0.2) is 10.7 Å². The third-order valence-corrected chi connectivity index (χ3v) is 4.68. The van der Waals surface area contributed by atoms with Gasteiger partial charge in [-0.15, -0.1) is 0 Å². The minimum atomic E-state index is -0.415. The fourth-order valence-electron chi connectivity index (χ4n) is 3.71. The Hall–Kier alpha value is -1.71. The maximum Gasteiger partial charge on any atom is 0.269 e. The van der Waals surface area contributed by atoms with Gasteiger partial charge in [-0.3, -0.25) is 14.9 Å². The van der Waals surface area contributed by atoms with E-state index < -0.39 is 4.92 Å². The first kappa shape index (κ1) is 12.3. The van der Waals surface area contributed by atoms with Crippen molar-refractivity contribution in [2.45, 2.75) is 32.1 Å². The van der Waals surface area contributed by atoms with Gasteiger partial charge in [-0.2, -0.15) is 0 Å². The summed E-state index contributed by atoms with van der Waals surface area (Å²) in [6.07, 6.45) is 5.23. The van der Waals surface area contributed by atoms with Crippen molar-refractivity contribution >= 4 is 11.5 Å². The Kier molecular flexibility index (Phi) is 3.09. The van der Waals surface area contributed by atoms with E-state index in [1.54, 1.807) is 12.1 Å². The van der Waals surface area contributed by atoms with E-state index in [-0.39, 0.29) is 11.6 Å². The molecule has 0 aliphatic heterocycles. The molecule has 2 aliphatic rings. The molecule has 3 atom stereocenters. The van der Waals surface area contributed by atoms with Crippen LogP contribution in [0, 0.1) is 27.9 Å². The number of ketones is 1.